The van der Waals surface area contributed by atoms with Crippen molar-refractivity contribution in [2.24, 2.45) is 0 Å². The highest BCUT2D eigenvalue weighted by atomic mass is 16.7. The van der Waals surface area contributed by atoms with Crippen LogP contribution in [-0.2, 0) is 14.3 Å². The highest BCUT2D eigenvalue weighted by Crippen LogP contribution is 2.02. The molecule has 0 aliphatic carbocycles. The molecule has 0 fully saturated rings. The first-order chi connectivity index (χ1) is 8.91. The molecule has 0 bridgehead atoms. The van der Waals surface area contributed by atoms with Crippen molar-refractivity contribution in [2.75, 3.05) is 13.4 Å². The normalized spacial score (nSPS) is 10.9. The Morgan fingerprint density at radius 1 is 0.944 bits per heavy atom. The first kappa shape index (κ1) is 17.2. The van der Waals surface area contributed by atoms with Crippen molar-refractivity contribution in [3.63, 3.8) is 0 Å². The molecule has 0 spiro atoms. The van der Waals surface area contributed by atoms with Crippen molar-refractivity contribution in [3.05, 3.63) is 12.3 Å². The Morgan fingerprint density at radius 2 is 1.72 bits per heavy atom. The van der Waals surface area contributed by atoms with E-state index in [-0.39, 0.29) is 0 Å². The lowest BCUT2D eigenvalue weighted by Gasteiger charge is -2.03. The molecular formula is C15H28O3. The molecule has 0 aromatic carbocycles. The van der Waals surface area contributed by atoms with Crippen molar-refractivity contribution in [1.82, 2.24) is 0 Å². The molecule has 0 aromatic rings. The van der Waals surface area contributed by atoms with Crippen LogP contribution < -0.4 is 0 Å². The molecule has 0 unspecified atom stereocenters. The molecule has 106 valence electrons. The Bertz CT molecular complexity index is 190. The van der Waals surface area contributed by atoms with E-state index in [0.29, 0.717) is 13.2 Å². The first-order valence-electron chi connectivity index (χ1n) is 7.19. The second-order valence-corrected chi connectivity index (χ2v) is 4.43. The molecule has 18 heavy (non-hydrogen) atoms. The van der Waals surface area contributed by atoms with Gasteiger partial charge in [0, 0.05) is 6.42 Å². The standard InChI is InChI=1S/C15H28O3/c1-2-3-4-10-13-17-15-18-14-11-8-6-5-7-9-12-16/h11-12,14H,2-10,13,15H2,1H3. The Labute approximate surface area is 112 Å². The number of allylic oxidation sites excluding steroid dienone is 1. The summed E-state index contributed by atoms with van der Waals surface area (Å²) in [5.74, 6) is 0. The maximum atomic E-state index is 10.1. The number of hydrogen-bond donors (Lipinski definition) is 0. The van der Waals surface area contributed by atoms with Crippen LogP contribution in [0.1, 0.15) is 64.7 Å². The van der Waals surface area contributed by atoms with E-state index in [1.54, 1.807) is 6.26 Å². The van der Waals surface area contributed by atoms with Gasteiger partial charge in [-0.15, -0.1) is 0 Å². The van der Waals surface area contributed by atoms with Crippen molar-refractivity contribution in [2.45, 2.75) is 64.7 Å². The van der Waals surface area contributed by atoms with E-state index in [9.17, 15) is 4.79 Å². The summed E-state index contributed by atoms with van der Waals surface area (Å²) in [7, 11) is 0. The van der Waals surface area contributed by atoms with Gasteiger partial charge in [-0.2, -0.15) is 0 Å². The van der Waals surface area contributed by atoms with Crippen LogP contribution in [0.4, 0.5) is 0 Å². The van der Waals surface area contributed by atoms with Gasteiger partial charge in [0.25, 0.3) is 0 Å². The van der Waals surface area contributed by atoms with Crippen LogP contribution in [0.3, 0.4) is 0 Å². The van der Waals surface area contributed by atoms with Crippen molar-refractivity contribution >= 4 is 6.29 Å². The van der Waals surface area contributed by atoms with E-state index < -0.39 is 0 Å². The summed E-state index contributed by atoms with van der Waals surface area (Å²) in [6.07, 6.45) is 14.5. The molecule has 0 heterocycles. The fourth-order valence-corrected chi connectivity index (χ4v) is 1.58. The lowest BCUT2D eigenvalue weighted by Crippen LogP contribution is -1.97. The lowest BCUT2D eigenvalue weighted by molar-refractivity contribution is -0.107. The summed E-state index contributed by atoms with van der Waals surface area (Å²) >= 11 is 0. The van der Waals surface area contributed by atoms with E-state index in [2.05, 4.69) is 6.92 Å². The molecule has 0 rings (SSSR count). The van der Waals surface area contributed by atoms with Gasteiger partial charge in [-0.3, -0.25) is 0 Å². The van der Waals surface area contributed by atoms with E-state index >= 15 is 0 Å². The summed E-state index contributed by atoms with van der Waals surface area (Å²) in [5, 5.41) is 0. The highest BCUT2D eigenvalue weighted by Gasteiger charge is 1.89. The zero-order valence-corrected chi connectivity index (χ0v) is 11.7. The molecule has 0 amide bonds. The fourth-order valence-electron chi connectivity index (χ4n) is 1.58. The number of unbranched alkanes of at least 4 members (excludes halogenated alkanes) is 7. The predicted molar refractivity (Wildman–Crippen MR) is 74.3 cm³/mol. The van der Waals surface area contributed by atoms with Gasteiger partial charge in [0.15, 0.2) is 6.79 Å². The molecule has 0 N–H and O–H groups in total. The minimum Gasteiger partial charge on any atom is -0.475 e. The Balaban J connectivity index is 3.02. The molecule has 3 nitrogen and oxygen atoms in total. The Kier molecular flexibility index (Phi) is 15.4. The van der Waals surface area contributed by atoms with Crippen LogP contribution in [-0.4, -0.2) is 19.7 Å². The zero-order valence-electron chi connectivity index (χ0n) is 11.7. The Morgan fingerprint density at radius 3 is 2.50 bits per heavy atom. The summed E-state index contributed by atoms with van der Waals surface area (Å²) in [6.45, 7) is 3.35. The Hall–Kier alpha value is -0.830. The number of ether oxygens (including phenoxy) is 2. The molecular weight excluding hydrogens is 228 g/mol. The maximum Gasteiger partial charge on any atom is 0.188 e. The van der Waals surface area contributed by atoms with Crippen LogP contribution >= 0.6 is 0 Å². The van der Waals surface area contributed by atoms with Crippen LogP contribution in [0.5, 0.6) is 0 Å². The third-order valence-electron chi connectivity index (χ3n) is 2.68. The smallest absolute Gasteiger partial charge is 0.188 e. The van der Waals surface area contributed by atoms with Gasteiger partial charge >= 0.3 is 0 Å². The molecule has 0 aromatic heterocycles. The minimum absolute atomic E-state index is 0.355. The summed E-state index contributed by atoms with van der Waals surface area (Å²) in [5.41, 5.74) is 0. The van der Waals surface area contributed by atoms with Crippen LogP contribution in [0, 0.1) is 0 Å². The fraction of sp³-hybridized carbons (Fsp3) is 0.800. The average Bonchev–Trinajstić information content (AvgIpc) is 2.39. The topological polar surface area (TPSA) is 35.5 Å². The highest BCUT2D eigenvalue weighted by molar-refractivity contribution is 5.48. The largest absolute Gasteiger partial charge is 0.475 e. The van der Waals surface area contributed by atoms with Gasteiger partial charge in [0.1, 0.15) is 6.29 Å². The SMILES string of the molecule is CCCCCCOCOC=CCCCCCC=O. The summed E-state index contributed by atoms with van der Waals surface area (Å²) in [4.78, 5) is 10.1. The summed E-state index contributed by atoms with van der Waals surface area (Å²) in [6, 6.07) is 0. The van der Waals surface area contributed by atoms with Gasteiger partial charge in [-0.1, -0.05) is 32.6 Å². The molecule has 0 saturated heterocycles. The van der Waals surface area contributed by atoms with Crippen molar-refractivity contribution in [1.29, 1.82) is 0 Å². The number of carbonyl (C=O) groups excluding carboxylic acids is 1. The third kappa shape index (κ3) is 15.2. The van der Waals surface area contributed by atoms with Gasteiger partial charge < -0.3 is 14.3 Å². The van der Waals surface area contributed by atoms with E-state index in [0.717, 1.165) is 45.0 Å². The monoisotopic (exact) mass is 256 g/mol. The molecule has 0 atom stereocenters. The average molecular weight is 256 g/mol. The quantitative estimate of drug-likeness (QED) is 0.202. The molecule has 0 radical (unpaired) electrons. The number of carbonyl (C=O) groups is 1. The van der Waals surface area contributed by atoms with E-state index in [1.807, 2.05) is 6.08 Å². The predicted octanol–water partition coefficient (Wildman–Crippen LogP) is 4.22. The van der Waals surface area contributed by atoms with Crippen LogP contribution in [0.2, 0.25) is 0 Å². The second-order valence-electron chi connectivity index (χ2n) is 4.43. The number of hydrogen-bond acceptors (Lipinski definition) is 3. The molecule has 3 heteroatoms. The lowest BCUT2D eigenvalue weighted by atomic mass is 10.1. The van der Waals surface area contributed by atoms with E-state index in [4.69, 9.17) is 9.47 Å². The molecule has 0 aliphatic heterocycles. The minimum atomic E-state index is 0.355. The first-order valence-corrected chi connectivity index (χ1v) is 7.19. The number of aldehydes is 1. The van der Waals surface area contributed by atoms with Gasteiger partial charge in [0.2, 0.25) is 0 Å². The van der Waals surface area contributed by atoms with Gasteiger partial charge in [0.05, 0.1) is 12.9 Å². The van der Waals surface area contributed by atoms with E-state index in [1.165, 1.54) is 19.3 Å². The summed E-state index contributed by atoms with van der Waals surface area (Å²) < 4.78 is 10.5. The molecule has 0 aliphatic rings. The van der Waals surface area contributed by atoms with Crippen LogP contribution in [0.25, 0.3) is 0 Å². The van der Waals surface area contributed by atoms with Gasteiger partial charge in [-0.05, 0) is 31.8 Å². The third-order valence-corrected chi connectivity index (χ3v) is 2.68. The van der Waals surface area contributed by atoms with Crippen LogP contribution in [0.15, 0.2) is 12.3 Å². The van der Waals surface area contributed by atoms with Crippen molar-refractivity contribution in [3.8, 4) is 0 Å². The second kappa shape index (κ2) is 16.2. The van der Waals surface area contributed by atoms with Crippen molar-refractivity contribution < 1.29 is 14.3 Å². The number of rotatable bonds is 14. The molecule has 0 saturated carbocycles. The zero-order chi connectivity index (χ0) is 13.3. The van der Waals surface area contributed by atoms with Gasteiger partial charge in [-0.25, -0.2) is 0 Å². The maximum absolute atomic E-state index is 10.1.